The number of aryl methyl sites for hydroxylation is 2. The highest BCUT2D eigenvalue weighted by Gasteiger charge is 2.10. The van der Waals surface area contributed by atoms with Gasteiger partial charge in [0.2, 0.25) is 0 Å². The summed E-state index contributed by atoms with van der Waals surface area (Å²) in [6.07, 6.45) is -0.727. The Balaban J connectivity index is 1.93. The van der Waals surface area contributed by atoms with Gasteiger partial charge in [-0.2, -0.15) is 0 Å². The molecule has 0 atom stereocenters. The van der Waals surface area contributed by atoms with Gasteiger partial charge in [0.05, 0.1) is 0 Å². The Morgan fingerprint density at radius 3 is 2.56 bits per heavy atom. The lowest BCUT2D eigenvalue weighted by Crippen LogP contribution is -2.02. The van der Waals surface area contributed by atoms with Crippen molar-refractivity contribution < 1.29 is 8.78 Å². The second-order valence-electron chi connectivity index (χ2n) is 4.09. The Hall–Kier alpha value is -1.49. The fourth-order valence-corrected chi connectivity index (χ4v) is 2.08. The highest BCUT2D eigenvalue weighted by Crippen LogP contribution is 2.16. The molecule has 0 saturated carbocycles. The summed E-state index contributed by atoms with van der Waals surface area (Å²) < 4.78 is 26.9. The summed E-state index contributed by atoms with van der Waals surface area (Å²) in [6.45, 7) is 0.625. The van der Waals surface area contributed by atoms with Crippen LogP contribution >= 0.6 is 12.2 Å². The molecule has 18 heavy (non-hydrogen) atoms. The van der Waals surface area contributed by atoms with Crippen LogP contribution in [0, 0.1) is 4.64 Å². The van der Waals surface area contributed by atoms with Gasteiger partial charge in [-0.15, -0.1) is 0 Å². The molecule has 0 radical (unpaired) electrons. The summed E-state index contributed by atoms with van der Waals surface area (Å²) >= 11 is 5.02. The van der Waals surface area contributed by atoms with Gasteiger partial charge < -0.3 is 0 Å². The van der Waals surface area contributed by atoms with Crippen molar-refractivity contribution in [1.29, 1.82) is 0 Å². The molecule has 0 aliphatic carbocycles. The Morgan fingerprint density at radius 1 is 1.22 bits per heavy atom. The molecular formula is C13H14F2N2S. The molecule has 2 nitrogen and oxygen atoms in total. The molecule has 0 bridgehead atoms. The van der Waals surface area contributed by atoms with E-state index in [-0.39, 0.29) is 5.69 Å². The summed E-state index contributed by atoms with van der Waals surface area (Å²) in [7, 11) is 0. The molecule has 1 heterocycles. The van der Waals surface area contributed by atoms with E-state index < -0.39 is 6.43 Å². The Kier molecular flexibility index (Phi) is 4.25. The number of H-pyrrole nitrogens is 1. The summed E-state index contributed by atoms with van der Waals surface area (Å²) in [5.41, 5.74) is 1.13. The first kappa shape index (κ1) is 13.0. The van der Waals surface area contributed by atoms with Crippen molar-refractivity contribution in [3.05, 3.63) is 52.3 Å². The number of halogens is 2. The average molecular weight is 268 g/mol. The predicted octanol–water partition coefficient (Wildman–Crippen LogP) is 4.12. The lowest BCUT2D eigenvalue weighted by atomic mass is 10.1. The number of hydrogen-bond acceptors (Lipinski definition) is 1. The minimum atomic E-state index is -2.50. The second kappa shape index (κ2) is 5.91. The first-order valence-corrected chi connectivity index (χ1v) is 6.19. The van der Waals surface area contributed by atoms with E-state index in [2.05, 4.69) is 17.2 Å². The zero-order chi connectivity index (χ0) is 13.0. The highest BCUT2D eigenvalue weighted by atomic mass is 32.1. The molecule has 2 aromatic rings. The van der Waals surface area contributed by atoms with Gasteiger partial charge in [0, 0.05) is 12.6 Å². The third kappa shape index (κ3) is 3.26. The molecule has 0 amide bonds. The molecule has 0 fully saturated rings. The molecule has 2 rings (SSSR count). The van der Waals surface area contributed by atoms with Crippen molar-refractivity contribution in [2.75, 3.05) is 0 Å². The number of rotatable bonds is 5. The quantitative estimate of drug-likeness (QED) is 0.809. The van der Waals surface area contributed by atoms with Crippen molar-refractivity contribution in [3.8, 4) is 0 Å². The Labute approximate surface area is 109 Å². The van der Waals surface area contributed by atoms with Crippen LogP contribution in [0.1, 0.15) is 24.1 Å². The SMILES string of the molecule is FC(F)c1cc(=S)n(CCCc2ccccc2)[nH]1. The van der Waals surface area contributed by atoms with Crippen molar-refractivity contribution >= 4 is 12.2 Å². The molecule has 96 valence electrons. The van der Waals surface area contributed by atoms with E-state index in [0.717, 1.165) is 12.8 Å². The minimum Gasteiger partial charge on any atom is -0.296 e. The number of benzene rings is 1. The van der Waals surface area contributed by atoms with Crippen LogP contribution in [0.15, 0.2) is 36.4 Å². The van der Waals surface area contributed by atoms with Gasteiger partial charge in [0.15, 0.2) is 0 Å². The van der Waals surface area contributed by atoms with Gasteiger partial charge in [-0.3, -0.25) is 9.78 Å². The Bertz CT molecular complexity index is 546. The molecule has 5 heteroatoms. The number of nitrogens with zero attached hydrogens (tertiary/aromatic N) is 1. The van der Waals surface area contributed by atoms with Crippen LogP contribution in [-0.2, 0) is 13.0 Å². The van der Waals surface area contributed by atoms with E-state index in [1.165, 1.54) is 11.6 Å². The molecule has 0 aliphatic rings. The maximum atomic E-state index is 12.5. The van der Waals surface area contributed by atoms with E-state index in [9.17, 15) is 8.78 Å². The highest BCUT2D eigenvalue weighted by molar-refractivity contribution is 7.71. The second-order valence-corrected chi connectivity index (χ2v) is 4.51. The normalized spacial score (nSPS) is 11.1. The van der Waals surface area contributed by atoms with Gasteiger partial charge in [0.1, 0.15) is 10.3 Å². The van der Waals surface area contributed by atoms with E-state index >= 15 is 0 Å². The number of hydrogen-bond donors (Lipinski definition) is 1. The van der Waals surface area contributed by atoms with Gasteiger partial charge in [-0.1, -0.05) is 42.5 Å². The summed E-state index contributed by atoms with van der Waals surface area (Å²) in [6, 6.07) is 11.4. The third-order valence-corrected chi connectivity index (χ3v) is 3.07. The van der Waals surface area contributed by atoms with Crippen molar-refractivity contribution in [2.45, 2.75) is 25.8 Å². The van der Waals surface area contributed by atoms with E-state index in [1.54, 1.807) is 4.68 Å². The molecule has 0 spiro atoms. The maximum absolute atomic E-state index is 12.5. The molecule has 1 aromatic carbocycles. The summed E-state index contributed by atoms with van der Waals surface area (Å²) in [5.74, 6) is 0. The third-order valence-electron chi connectivity index (χ3n) is 2.73. The minimum absolute atomic E-state index is 0.111. The zero-order valence-electron chi connectivity index (χ0n) is 9.77. The zero-order valence-corrected chi connectivity index (χ0v) is 10.6. The van der Waals surface area contributed by atoms with Gasteiger partial charge in [0.25, 0.3) is 6.43 Å². The first-order chi connectivity index (χ1) is 8.66. The van der Waals surface area contributed by atoms with Crippen molar-refractivity contribution in [1.82, 2.24) is 9.78 Å². The summed E-state index contributed by atoms with van der Waals surface area (Å²) in [5, 5.41) is 2.63. The lowest BCUT2D eigenvalue weighted by Gasteiger charge is -2.03. The van der Waals surface area contributed by atoms with E-state index in [0.29, 0.717) is 11.2 Å². The number of aromatic amines is 1. The van der Waals surface area contributed by atoms with Crippen molar-refractivity contribution in [3.63, 3.8) is 0 Å². The maximum Gasteiger partial charge on any atom is 0.279 e. The Morgan fingerprint density at radius 2 is 1.94 bits per heavy atom. The first-order valence-electron chi connectivity index (χ1n) is 5.78. The van der Waals surface area contributed by atoms with E-state index in [1.807, 2.05) is 18.2 Å². The number of alkyl halides is 2. The van der Waals surface area contributed by atoms with Crippen LogP contribution in [0.25, 0.3) is 0 Å². The van der Waals surface area contributed by atoms with Crippen LogP contribution < -0.4 is 0 Å². The molecule has 1 aromatic heterocycles. The van der Waals surface area contributed by atoms with Crippen molar-refractivity contribution in [2.24, 2.45) is 0 Å². The van der Waals surface area contributed by atoms with Gasteiger partial charge in [-0.05, 0) is 18.4 Å². The fraction of sp³-hybridized carbons (Fsp3) is 0.308. The summed E-state index contributed by atoms with van der Waals surface area (Å²) in [4.78, 5) is 0. The number of nitrogens with one attached hydrogen (secondary N) is 1. The largest absolute Gasteiger partial charge is 0.296 e. The fourth-order valence-electron chi connectivity index (χ4n) is 1.82. The van der Waals surface area contributed by atoms with Crippen LogP contribution in [-0.4, -0.2) is 9.78 Å². The van der Waals surface area contributed by atoms with Crippen LogP contribution in [0.3, 0.4) is 0 Å². The topological polar surface area (TPSA) is 20.7 Å². The molecular weight excluding hydrogens is 254 g/mol. The van der Waals surface area contributed by atoms with Gasteiger partial charge >= 0.3 is 0 Å². The van der Waals surface area contributed by atoms with Crippen LogP contribution in [0.2, 0.25) is 0 Å². The molecule has 0 unspecified atom stereocenters. The predicted molar refractivity (Wildman–Crippen MR) is 69.3 cm³/mol. The van der Waals surface area contributed by atoms with Gasteiger partial charge in [-0.25, -0.2) is 8.78 Å². The smallest absolute Gasteiger partial charge is 0.279 e. The number of aromatic nitrogens is 2. The standard InChI is InChI=1S/C13H14F2N2S/c14-13(15)11-9-12(18)17(16-11)8-4-7-10-5-2-1-3-6-10/h1-3,5-6,9,13,16H,4,7-8H2. The molecule has 1 N–H and O–H groups in total. The molecule has 0 saturated heterocycles. The van der Waals surface area contributed by atoms with Crippen LogP contribution in [0.4, 0.5) is 8.78 Å². The monoisotopic (exact) mass is 268 g/mol. The van der Waals surface area contributed by atoms with Crippen LogP contribution in [0.5, 0.6) is 0 Å². The van der Waals surface area contributed by atoms with E-state index in [4.69, 9.17) is 12.2 Å². The molecule has 0 aliphatic heterocycles. The average Bonchev–Trinajstić information content (AvgIpc) is 2.73. The lowest BCUT2D eigenvalue weighted by molar-refractivity contribution is 0.145.